The molecular formula is C35H39FN2O7. The Bertz CT molecular complexity index is 1630. The first-order valence-corrected chi connectivity index (χ1v) is 14.4. The number of rotatable bonds is 12. The number of ether oxygens (including phenoxy) is 5. The minimum atomic E-state index is -1.28. The second kappa shape index (κ2) is 14.3. The topological polar surface area (TPSA) is 95.9 Å². The van der Waals surface area contributed by atoms with Crippen LogP contribution < -0.4 is 14.2 Å². The van der Waals surface area contributed by atoms with Gasteiger partial charge in [0.1, 0.15) is 46.8 Å². The van der Waals surface area contributed by atoms with Gasteiger partial charge in [-0.25, -0.2) is 9.38 Å². The maximum Gasteiger partial charge on any atom is 0.303 e. The van der Waals surface area contributed by atoms with Gasteiger partial charge in [-0.1, -0.05) is 18.2 Å². The number of hydrogen-bond acceptors (Lipinski definition) is 9. The molecule has 0 amide bonds. The van der Waals surface area contributed by atoms with Gasteiger partial charge in [-0.3, -0.25) is 9.59 Å². The van der Waals surface area contributed by atoms with Crippen LogP contribution in [0.3, 0.4) is 0 Å². The smallest absolute Gasteiger partial charge is 0.303 e. The van der Waals surface area contributed by atoms with Gasteiger partial charge in [0.2, 0.25) is 0 Å². The lowest BCUT2D eigenvalue weighted by atomic mass is 9.89. The molecule has 9 nitrogen and oxygen atoms in total. The Kier molecular flexibility index (Phi) is 10.5. The third kappa shape index (κ3) is 8.20. The second-order valence-electron chi connectivity index (χ2n) is 11.1. The fraction of sp³-hybridized carbons (Fsp3) is 0.343. The van der Waals surface area contributed by atoms with Crippen LogP contribution in [-0.2, 0) is 44.1 Å². The zero-order valence-corrected chi connectivity index (χ0v) is 26.7. The van der Waals surface area contributed by atoms with E-state index < -0.39 is 17.3 Å². The van der Waals surface area contributed by atoms with E-state index >= 15 is 4.39 Å². The van der Waals surface area contributed by atoms with Gasteiger partial charge in [0, 0.05) is 36.1 Å². The molecule has 10 heteroatoms. The minimum Gasteiger partial charge on any atom is -0.497 e. The SMILES string of the molecule is COc1ccc(CN(Cc2ccc(C)cc2OC)C2=N[C@](C)(c3cc(CC(C)=O)ccc3F)C=C(COC(C)=O)O2)c(OC)c1. The number of methoxy groups -OCH3 is 3. The molecule has 0 saturated carbocycles. The van der Waals surface area contributed by atoms with Gasteiger partial charge in [-0.05, 0) is 68.3 Å². The van der Waals surface area contributed by atoms with E-state index in [9.17, 15) is 9.59 Å². The monoisotopic (exact) mass is 618 g/mol. The molecule has 0 radical (unpaired) electrons. The predicted molar refractivity (Wildman–Crippen MR) is 168 cm³/mol. The molecule has 238 valence electrons. The number of carbonyl (C=O) groups excluding carboxylic acids is 2. The van der Waals surface area contributed by atoms with Crippen LogP contribution in [0.1, 0.15) is 48.6 Å². The van der Waals surface area contributed by atoms with Crippen LogP contribution in [0, 0.1) is 12.7 Å². The summed E-state index contributed by atoms with van der Waals surface area (Å²) < 4.78 is 43.9. The van der Waals surface area contributed by atoms with Crippen molar-refractivity contribution in [1.29, 1.82) is 0 Å². The number of hydrogen-bond donors (Lipinski definition) is 0. The third-order valence-corrected chi connectivity index (χ3v) is 7.37. The van der Waals surface area contributed by atoms with Crippen LogP contribution >= 0.6 is 0 Å². The molecule has 0 unspecified atom stereocenters. The number of halogens is 1. The number of esters is 1. The summed E-state index contributed by atoms with van der Waals surface area (Å²) in [6.07, 6.45) is 1.78. The predicted octanol–water partition coefficient (Wildman–Crippen LogP) is 6.04. The highest BCUT2D eigenvalue weighted by Gasteiger charge is 2.35. The van der Waals surface area contributed by atoms with Crippen molar-refractivity contribution in [2.24, 2.45) is 4.99 Å². The van der Waals surface area contributed by atoms with Crippen molar-refractivity contribution in [3.8, 4) is 17.2 Å². The van der Waals surface area contributed by atoms with Gasteiger partial charge >= 0.3 is 5.97 Å². The van der Waals surface area contributed by atoms with Gasteiger partial charge in [-0.15, -0.1) is 0 Å². The van der Waals surface area contributed by atoms with E-state index in [4.69, 9.17) is 28.7 Å². The molecule has 1 atom stereocenters. The number of aryl methyl sites for hydroxylation is 1. The number of benzene rings is 3. The van der Waals surface area contributed by atoms with Crippen molar-refractivity contribution in [3.63, 3.8) is 0 Å². The van der Waals surface area contributed by atoms with Gasteiger partial charge in [0.05, 0.1) is 34.4 Å². The summed E-state index contributed by atoms with van der Waals surface area (Å²) in [5.41, 5.74) is 2.32. The van der Waals surface area contributed by atoms with Crippen LogP contribution in [0.15, 0.2) is 71.4 Å². The summed E-state index contributed by atoms with van der Waals surface area (Å²) in [6, 6.07) is 16.1. The summed E-state index contributed by atoms with van der Waals surface area (Å²) in [5.74, 6) is 1.13. The van der Waals surface area contributed by atoms with E-state index in [1.807, 2.05) is 42.2 Å². The van der Waals surface area contributed by atoms with Crippen LogP contribution in [0.4, 0.5) is 4.39 Å². The van der Waals surface area contributed by atoms with Crippen LogP contribution in [0.25, 0.3) is 0 Å². The first kappa shape index (κ1) is 33.0. The highest BCUT2D eigenvalue weighted by molar-refractivity contribution is 5.79. The number of carbonyl (C=O) groups is 2. The maximum absolute atomic E-state index is 15.5. The van der Waals surface area contributed by atoms with Gasteiger partial charge in [0.15, 0.2) is 0 Å². The molecule has 3 aromatic rings. The maximum atomic E-state index is 15.5. The standard InChI is InChI=1S/C35H39FN2O7/c1-22-8-10-26(32(14-22)42-6)19-38(20-27-11-12-28(41-5)17-33(27)43-7)34-37-35(4,18-29(45-34)21-44-24(3)40)30-16-25(15-23(2)39)9-13-31(30)36/h8-14,16-18H,15,19-21H2,1-7H3/t35-/m0/s1. The Morgan fingerprint density at radius 2 is 1.58 bits per heavy atom. The minimum absolute atomic E-state index is 0.0494. The molecule has 0 saturated heterocycles. The lowest BCUT2D eigenvalue weighted by Crippen LogP contribution is -2.38. The van der Waals surface area contributed by atoms with Crippen LogP contribution in [0.2, 0.25) is 0 Å². The van der Waals surface area contributed by atoms with Crippen molar-refractivity contribution in [1.82, 2.24) is 4.90 Å². The van der Waals surface area contributed by atoms with E-state index in [0.717, 1.165) is 16.7 Å². The molecule has 1 aliphatic rings. The first-order chi connectivity index (χ1) is 21.4. The number of ketones is 1. The molecule has 1 aliphatic heterocycles. The highest BCUT2D eigenvalue weighted by atomic mass is 19.1. The van der Waals surface area contributed by atoms with E-state index in [1.165, 1.54) is 19.9 Å². The van der Waals surface area contributed by atoms with Gasteiger partial charge < -0.3 is 28.6 Å². The summed E-state index contributed by atoms with van der Waals surface area (Å²) >= 11 is 0. The summed E-state index contributed by atoms with van der Waals surface area (Å²) in [5, 5.41) is 0. The summed E-state index contributed by atoms with van der Waals surface area (Å²) in [4.78, 5) is 30.5. The molecule has 45 heavy (non-hydrogen) atoms. The molecule has 0 aromatic heterocycles. The Labute approximate surface area is 263 Å². The quantitative estimate of drug-likeness (QED) is 0.227. The number of Topliss-reactive ketones (excluding diaryl/α,β-unsaturated/α-hetero) is 1. The van der Waals surface area contributed by atoms with Crippen LogP contribution in [-0.4, -0.2) is 50.6 Å². The van der Waals surface area contributed by atoms with Crippen molar-refractivity contribution in [3.05, 3.63) is 100 Å². The number of nitrogens with zero attached hydrogens (tertiary/aromatic N) is 2. The molecule has 4 rings (SSSR count). The van der Waals surface area contributed by atoms with E-state index in [0.29, 0.717) is 29.4 Å². The van der Waals surface area contributed by atoms with Gasteiger partial charge in [-0.2, -0.15) is 0 Å². The first-order valence-electron chi connectivity index (χ1n) is 14.4. The Hall–Kier alpha value is -4.86. The zero-order valence-electron chi connectivity index (χ0n) is 26.7. The summed E-state index contributed by atoms with van der Waals surface area (Å²) in [6.45, 7) is 6.89. The highest BCUT2D eigenvalue weighted by Crippen LogP contribution is 2.37. The molecule has 0 aliphatic carbocycles. The largest absolute Gasteiger partial charge is 0.497 e. The van der Waals surface area contributed by atoms with Crippen molar-refractivity contribution in [2.45, 2.75) is 52.7 Å². The molecule has 0 bridgehead atoms. The Morgan fingerprint density at radius 1 is 0.911 bits per heavy atom. The average molecular weight is 619 g/mol. The fourth-order valence-electron chi connectivity index (χ4n) is 5.16. The van der Waals surface area contributed by atoms with Crippen molar-refractivity contribution >= 4 is 17.8 Å². The fourth-order valence-corrected chi connectivity index (χ4v) is 5.16. The number of amidine groups is 1. The molecule has 3 aromatic carbocycles. The molecule has 1 heterocycles. The van der Waals surface area contributed by atoms with Gasteiger partial charge in [0.25, 0.3) is 6.02 Å². The molecule has 0 spiro atoms. The lowest BCUT2D eigenvalue weighted by molar-refractivity contribution is -0.140. The lowest BCUT2D eigenvalue weighted by Gasteiger charge is -2.34. The van der Waals surface area contributed by atoms with E-state index in [-0.39, 0.29) is 42.7 Å². The Morgan fingerprint density at radius 3 is 2.20 bits per heavy atom. The Balaban J connectivity index is 1.87. The average Bonchev–Trinajstić information content (AvgIpc) is 3.00. The molecule has 0 fully saturated rings. The van der Waals surface area contributed by atoms with Crippen molar-refractivity contribution < 1.29 is 37.7 Å². The van der Waals surface area contributed by atoms with E-state index in [2.05, 4.69) is 0 Å². The zero-order chi connectivity index (χ0) is 32.7. The molecular weight excluding hydrogens is 579 g/mol. The van der Waals surface area contributed by atoms with E-state index in [1.54, 1.807) is 52.5 Å². The summed E-state index contributed by atoms with van der Waals surface area (Å²) in [7, 11) is 4.77. The number of aliphatic imine (C=N–C) groups is 1. The van der Waals surface area contributed by atoms with Crippen LogP contribution in [0.5, 0.6) is 17.2 Å². The molecule has 0 N–H and O–H groups in total. The normalized spacial score (nSPS) is 15.7. The van der Waals surface area contributed by atoms with Crippen molar-refractivity contribution in [2.75, 3.05) is 27.9 Å². The second-order valence-corrected chi connectivity index (χ2v) is 11.1. The third-order valence-electron chi connectivity index (χ3n) is 7.37.